The van der Waals surface area contributed by atoms with E-state index in [1.54, 1.807) is 32.0 Å². The van der Waals surface area contributed by atoms with Crippen LogP contribution in [0.15, 0.2) is 151 Å². The lowest BCUT2D eigenvalue weighted by Crippen LogP contribution is -2.72. The minimum absolute atomic E-state index is 0.0654. The maximum atomic E-state index is 13.5. The summed E-state index contributed by atoms with van der Waals surface area (Å²) in [5, 5.41) is 209. The van der Waals surface area contributed by atoms with Gasteiger partial charge in [0, 0.05) is 67.0 Å². The predicted octanol–water partition coefficient (Wildman–Crippen LogP) is 11.1. The van der Waals surface area contributed by atoms with Crippen LogP contribution in [0.1, 0.15) is 116 Å². The smallest absolute Gasteiger partial charge is 0.333 e. The molecular formula is C86H96Cl4N11O24+. The van der Waals surface area contributed by atoms with Gasteiger partial charge in [-0.15, -0.1) is 0 Å². The van der Waals surface area contributed by atoms with Gasteiger partial charge < -0.3 is 130 Å². The van der Waals surface area contributed by atoms with Crippen LogP contribution in [0.2, 0.25) is 20.1 Å². The summed E-state index contributed by atoms with van der Waals surface area (Å²) in [4.78, 5) is 41.9. The van der Waals surface area contributed by atoms with Crippen molar-refractivity contribution in [1.29, 1.82) is 5.41 Å². The summed E-state index contributed by atoms with van der Waals surface area (Å²) in [7, 11) is 1.53. The number of benzene rings is 7. The van der Waals surface area contributed by atoms with Gasteiger partial charge >= 0.3 is 5.97 Å². The first-order valence-corrected chi connectivity index (χ1v) is 41.7. The number of likely N-dealkylation sites (N-methyl/N-ethyl adjacent to an activating group) is 1. The molecule has 7 aromatic rings. The number of carbonyl (C=O) groups is 1. The molecule has 10 aliphatic heterocycles. The maximum Gasteiger partial charge on any atom is 0.333 e. The van der Waals surface area contributed by atoms with Gasteiger partial charge in [-0.1, -0.05) is 103 Å². The topological polar surface area (TPSA) is 531 Å². The van der Waals surface area contributed by atoms with Gasteiger partial charge in [0.05, 0.1) is 64.4 Å². The molecule has 19 N–H and O–H groups in total. The number of carboxylic acid groups (broad SMARTS) is 1. The zero-order chi connectivity index (χ0) is 89.5. The van der Waals surface area contributed by atoms with E-state index < -0.39 is 220 Å². The highest BCUT2D eigenvalue weighted by Crippen LogP contribution is 2.51. The molecule has 0 aromatic heterocycles. The van der Waals surface area contributed by atoms with Crippen LogP contribution in [0, 0.1) is 11.3 Å². The molecule has 5 saturated heterocycles. The fourth-order valence-corrected chi connectivity index (χ4v) is 17.2. The standard InChI is InChI=1S/C86H95Cl4N11O24/c1-38(2)24-54(92-5)78(111)98-69-71(106)43-11-16-58(52(89)26-43)121-60-28-45-29-61(75(60)125-85-76(74(109)73(108)62(123-85)36-101-21-18-100(19-22-101)20-23-101)124-64-34-86(4,77(110)39(3)120-64)93-35-40-6-8-41(9-7-40)37-119-47-13-14-50(87)51(88)32-47)122-59-17-12-44(27-53(59)90)72(107)70-83(116)97-68(84(117)118)49-30-46(102)31-57(104)65(49)48-25-42(10-15-56(48)103)66(80(113)99-70)96-81(114)67(45)95-79(112)55(33-63(91)105)94-82(69)115/h6-17,25-32,38-39,54-55,62,64,66-74,76-77,85,92-93,106-110H,18-24,33-37H2,1-5H3,(H11-,91,94,95,96,97,98,99,102,103,104,105,111,112,113,114,115,116,117,118)/p+1/t39-,54+,55-,62+,64?,66+,67+,68-,69+,70-,71+,72+,73+,74-,76+,77+,85-,86-/m0/s1. The predicted molar refractivity (Wildman–Crippen MR) is 461 cm³/mol. The van der Waals surface area contributed by atoms with Gasteiger partial charge in [0.2, 0.25) is 41.5 Å². The van der Waals surface area contributed by atoms with E-state index in [4.69, 9.17) is 85.0 Å². The van der Waals surface area contributed by atoms with E-state index in [-0.39, 0.29) is 76.7 Å². The summed E-state index contributed by atoms with van der Waals surface area (Å²) in [5.41, 5.74) is -2.16. The first-order chi connectivity index (χ1) is 59.4. The number of ether oxygens (including phenoxy) is 7. The van der Waals surface area contributed by atoms with E-state index in [1.165, 1.54) is 37.4 Å². The van der Waals surface area contributed by atoms with Gasteiger partial charge in [0.1, 0.15) is 84.2 Å². The third-order valence-corrected chi connectivity index (χ3v) is 24.8. The largest absolute Gasteiger partial charge is 0.508 e. The quantitative estimate of drug-likeness (QED) is 0.0191. The van der Waals surface area contributed by atoms with Crippen molar-refractivity contribution in [3.8, 4) is 62.9 Å². The van der Waals surface area contributed by atoms with Crippen LogP contribution < -0.4 is 29.6 Å². The van der Waals surface area contributed by atoms with Crippen LogP contribution in [0.5, 0.6) is 51.7 Å². The molecule has 0 spiro atoms. The minimum atomic E-state index is -2.33. The lowest BCUT2D eigenvalue weighted by molar-refractivity contribution is -0.944. The molecule has 125 heavy (non-hydrogen) atoms. The molecule has 35 nitrogen and oxygen atoms in total. The number of hydrogen-bond donors (Lipinski definition) is 19. The number of nitrogens with one attached hydrogen (secondary N) is 3. The fourth-order valence-electron chi connectivity index (χ4n) is 16.5. The van der Waals surface area contributed by atoms with Crippen molar-refractivity contribution >= 4 is 93.7 Å². The molecular weight excluding hydrogens is 1710 g/mol. The zero-order valence-corrected chi connectivity index (χ0v) is 71.0. The third-order valence-electron chi connectivity index (χ3n) is 23.4. The number of quaternary nitrogens is 1. The molecule has 0 radical (unpaired) electrons. The lowest BCUT2D eigenvalue weighted by atomic mass is 9.84. The Balaban J connectivity index is 0.962. The number of piperazine rings is 3. The zero-order valence-electron chi connectivity index (χ0n) is 67.9. The van der Waals surface area contributed by atoms with Crippen molar-refractivity contribution in [3.05, 3.63) is 180 Å². The van der Waals surface area contributed by atoms with Crippen molar-refractivity contribution in [2.24, 2.45) is 35.9 Å². The summed E-state index contributed by atoms with van der Waals surface area (Å²) in [6.45, 7) is 11.7. The Morgan fingerprint density at radius 2 is 1.28 bits per heavy atom. The van der Waals surface area contributed by atoms with Gasteiger partial charge in [-0.25, -0.2) is 34.7 Å². The molecule has 13 bridgehead atoms. The van der Waals surface area contributed by atoms with Gasteiger partial charge in [0.15, 0.2) is 65.9 Å². The van der Waals surface area contributed by atoms with Crippen LogP contribution in [0.4, 0.5) is 0 Å². The number of fused-ring (bicyclic) bond motifs is 15. The van der Waals surface area contributed by atoms with E-state index in [0.29, 0.717) is 39.9 Å². The second kappa shape index (κ2) is 37.6. The van der Waals surface area contributed by atoms with Crippen molar-refractivity contribution < 1.29 is 124 Å². The average Bonchev–Trinajstić information content (AvgIpc) is 0.761. The Kier molecular flexibility index (Phi) is 27.3. The Labute approximate surface area is 736 Å². The number of aliphatic hydroxyl groups is 12. The fraction of sp³-hybridized carbons (Fsp3) is 0.419. The van der Waals surface area contributed by atoms with E-state index in [0.717, 1.165) is 79.3 Å². The number of rotatable bonds is 20. The highest BCUT2D eigenvalue weighted by Gasteiger charge is 2.55. The van der Waals surface area contributed by atoms with Crippen molar-refractivity contribution in [2.45, 2.75) is 169 Å². The molecule has 0 amide bonds. The Morgan fingerprint density at radius 3 is 1.90 bits per heavy atom. The summed E-state index contributed by atoms with van der Waals surface area (Å²) in [5.74, 6) is -13.9. The normalized spacial score (nSPS) is 29.1. The van der Waals surface area contributed by atoms with Crippen LogP contribution >= 0.6 is 46.4 Å². The SMILES string of the molecule is CN[C@H](CC(C)C)C(O)=N[C@H]1C(O)=N[C@@H](CC(=N)O)C(O)=N[C@H]2C(O)=N[C@H]3C(O)=N[C@H](C(O)=N[C@H](C(=O)O)c4cc(O)cc(O)c4-c4cc3ccc4O)[C@H](O)c3ccc(c(Cl)c3)Oc3cc2cc(c3O[C@@H]2O[C@H](C[N+]34CCN(CC3)CC4)[C@@H](O)[C@H](O)[C@H]2OC2C[C@](C)(NCc3ccc(COc4ccc(Cl)c(Cl)c4)cc3)[C@H](O)[C@H](C)O2)Oc2ccc(cc2Cl)[C@H]1O. The van der Waals surface area contributed by atoms with Crippen LogP contribution in [-0.2, 0) is 32.2 Å². The van der Waals surface area contributed by atoms with Gasteiger partial charge in [-0.3, -0.25) is 10.3 Å². The third kappa shape index (κ3) is 19.9. The first kappa shape index (κ1) is 90.8. The number of nitrogens with zero attached hydrogens (tertiary/aromatic N) is 8. The molecule has 17 rings (SSSR count). The van der Waals surface area contributed by atoms with Crippen molar-refractivity contribution in [3.63, 3.8) is 0 Å². The number of phenolic OH excluding ortho intramolecular Hbond substituents is 3. The minimum Gasteiger partial charge on any atom is -0.508 e. The van der Waals surface area contributed by atoms with Crippen LogP contribution in [0.25, 0.3) is 11.1 Å². The van der Waals surface area contributed by atoms with E-state index in [9.17, 15) is 86.5 Å². The summed E-state index contributed by atoms with van der Waals surface area (Å²) >= 11 is 27.0. The number of aliphatic hydroxyl groups excluding tert-OH is 12. The molecule has 0 saturated carbocycles. The van der Waals surface area contributed by atoms with E-state index in [2.05, 4.69) is 45.5 Å². The average molecular weight is 1810 g/mol. The number of aliphatic carboxylic acids is 1. The van der Waals surface area contributed by atoms with Crippen molar-refractivity contribution in [1.82, 2.24) is 15.5 Å². The van der Waals surface area contributed by atoms with E-state index >= 15 is 0 Å². The Bertz CT molecular complexity index is 5390. The van der Waals surface area contributed by atoms with Crippen LogP contribution in [0.3, 0.4) is 0 Å². The second-order valence-corrected chi connectivity index (χ2v) is 34.3. The van der Waals surface area contributed by atoms with Gasteiger partial charge in [-0.05, 0) is 133 Å². The molecule has 7 aromatic carbocycles. The number of halogens is 4. The summed E-state index contributed by atoms with van der Waals surface area (Å²) < 4.78 is 47.9. The molecule has 39 heteroatoms. The molecule has 10 heterocycles. The highest BCUT2D eigenvalue weighted by molar-refractivity contribution is 6.42. The summed E-state index contributed by atoms with van der Waals surface area (Å²) in [6.07, 6.45) is -17.3. The molecule has 5 fully saturated rings. The molecule has 18 atom stereocenters. The van der Waals surface area contributed by atoms with Gasteiger partial charge in [-0.2, -0.15) is 0 Å². The number of carboxylic acids is 1. The maximum absolute atomic E-state index is 13.5. The number of phenols is 3. The lowest BCUT2D eigenvalue weighted by Gasteiger charge is -2.53. The Morgan fingerprint density at radius 1 is 0.656 bits per heavy atom. The highest BCUT2D eigenvalue weighted by atomic mass is 35.5. The van der Waals surface area contributed by atoms with E-state index in [1.807, 2.05) is 38.1 Å². The Hall–Kier alpha value is -10.4. The number of aromatic hydroxyl groups is 3. The van der Waals surface area contributed by atoms with Crippen LogP contribution in [-0.4, -0.2) is 270 Å². The monoisotopic (exact) mass is 1810 g/mol. The van der Waals surface area contributed by atoms with Gasteiger partial charge in [0.25, 0.3) is 0 Å². The number of hydrogen-bond acceptors (Lipinski definition) is 26. The van der Waals surface area contributed by atoms with Crippen molar-refractivity contribution in [2.75, 3.05) is 52.9 Å². The molecule has 0 aliphatic carbocycles. The number of aliphatic imine (C=N–C) groups is 6. The second-order valence-electron chi connectivity index (χ2n) is 32.7. The molecule has 1 unspecified atom stereocenters. The molecule has 666 valence electrons. The molecule has 10 aliphatic rings. The summed E-state index contributed by atoms with van der Waals surface area (Å²) in [6, 6.07) is 12.8. The first-order valence-electron chi connectivity index (χ1n) is 40.2.